The normalized spacial score (nSPS) is 11.0. The monoisotopic (exact) mass is 487 g/mol. The lowest BCUT2D eigenvalue weighted by Gasteiger charge is -2.06. The molecule has 0 radical (unpaired) electrons. The Balaban J connectivity index is 1.46. The van der Waals surface area contributed by atoms with E-state index in [1.807, 2.05) is 29.6 Å². The van der Waals surface area contributed by atoms with Crippen molar-refractivity contribution in [3.8, 4) is 27.8 Å². The summed E-state index contributed by atoms with van der Waals surface area (Å²) in [7, 11) is 1.67. The number of thioether (sulfide) groups is 1. The van der Waals surface area contributed by atoms with Crippen molar-refractivity contribution >= 4 is 39.0 Å². The van der Waals surface area contributed by atoms with Crippen molar-refractivity contribution in [2.75, 3.05) is 7.11 Å². The maximum Gasteiger partial charge on any atom is 0.277 e. The summed E-state index contributed by atoms with van der Waals surface area (Å²) in [6, 6.07) is 12.0. The quantitative estimate of drug-likeness (QED) is 0.287. The van der Waals surface area contributed by atoms with Gasteiger partial charge in [0.25, 0.3) is 5.22 Å². The third kappa shape index (κ3) is 4.55. The van der Waals surface area contributed by atoms with Gasteiger partial charge in [-0.1, -0.05) is 33.8 Å². The van der Waals surface area contributed by atoms with Crippen molar-refractivity contribution in [1.82, 2.24) is 15.2 Å². The number of rotatable bonds is 6. The number of aryl methyl sites for hydroxylation is 2. The summed E-state index contributed by atoms with van der Waals surface area (Å²) in [6.45, 7) is 4.16. The summed E-state index contributed by atoms with van der Waals surface area (Å²) in [5, 5.41) is 11.8. The number of aromatic nitrogens is 3. The van der Waals surface area contributed by atoms with E-state index in [0.29, 0.717) is 16.9 Å². The second kappa shape index (κ2) is 8.69. The summed E-state index contributed by atoms with van der Waals surface area (Å²) in [5.41, 5.74) is 5.31. The van der Waals surface area contributed by atoms with Crippen LogP contribution < -0.4 is 4.74 Å². The van der Waals surface area contributed by atoms with E-state index in [0.717, 1.165) is 32.1 Å². The number of halogens is 1. The zero-order chi connectivity index (χ0) is 20.4. The Morgan fingerprint density at radius 3 is 2.76 bits per heavy atom. The fourth-order valence-electron chi connectivity index (χ4n) is 2.74. The molecule has 5 nitrogen and oxygen atoms in total. The van der Waals surface area contributed by atoms with Gasteiger partial charge in [0, 0.05) is 21.2 Å². The fraction of sp³-hybridized carbons (Fsp3) is 0.190. The molecule has 8 heteroatoms. The van der Waals surface area contributed by atoms with Gasteiger partial charge in [0.05, 0.1) is 18.4 Å². The SMILES string of the molecule is COc1ccc(Br)cc1-c1nc(CSc2nnc(-c3ccc(C)c(C)c3)o2)cs1. The van der Waals surface area contributed by atoms with Crippen LogP contribution in [0.1, 0.15) is 16.8 Å². The van der Waals surface area contributed by atoms with Crippen LogP contribution in [-0.4, -0.2) is 22.3 Å². The topological polar surface area (TPSA) is 61.0 Å². The third-order valence-corrected chi connectivity index (χ3v) is 6.72. The van der Waals surface area contributed by atoms with Crippen molar-refractivity contribution in [2.45, 2.75) is 24.8 Å². The summed E-state index contributed by atoms with van der Waals surface area (Å²) in [6.07, 6.45) is 0. The molecule has 0 N–H and O–H groups in total. The van der Waals surface area contributed by atoms with Crippen LogP contribution in [0.25, 0.3) is 22.0 Å². The number of benzene rings is 2. The molecule has 0 amide bonds. The van der Waals surface area contributed by atoms with E-state index in [9.17, 15) is 0 Å². The summed E-state index contributed by atoms with van der Waals surface area (Å²) >= 11 is 6.58. The minimum atomic E-state index is 0.535. The molecule has 0 atom stereocenters. The molecule has 0 fully saturated rings. The van der Waals surface area contributed by atoms with Crippen LogP contribution in [0.3, 0.4) is 0 Å². The predicted octanol–water partition coefficient (Wildman–Crippen LogP) is 6.54. The molecule has 4 rings (SSSR count). The smallest absolute Gasteiger partial charge is 0.277 e. The van der Waals surface area contributed by atoms with Gasteiger partial charge in [0.2, 0.25) is 5.89 Å². The summed E-state index contributed by atoms with van der Waals surface area (Å²) in [5.74, 6) is 1.99. The van der Waals surface area contributed by atoms with Crippen LogP contribution in [0.2, 0.25) is 0 Å². The highest BCUT2D eigenvalue weighted by molar-refractivity contribution is 9.10. The van der Waals surface area contributed by atoms with Gasteiger partial charge in [-0.3, -0.25) is 0 Å². The van der Waals surface area contributed by atoms with Crippen LogP contribution >= 0.6 is 39.0 Å². The minimum Gasteiger partial charge on any atom is -0.496 e. The van der Waals surface area contributed by atoms with Gasteiger partial charge in [-0.15, -0.1) is 21.5 Å². The highest BCUT2D eigenvalue weighted by Crippen LogP contribution is 2.35. The molecule has 29 heavy (non-hydrogen) atoms. The first-order chi connectivity index (χ1) is 14.0. The average molecular weight is 488 g/mol. The minimum absolute atomic E-state index is 0.535. The number of hydrogen-bond acceptors (Lipinski definition) is 7. The van der Waals surface area contributed by atoms with Gasteiger partial charge in [-0.05, 0) is 55.3 Å². The zero-order valence-corrected chi connectivity index (χ0v) is 19.3. The van der Waals surface area contributed by atoms with E-state index >= 15 is 0 Å². The second-order valence-electron chi connectivity index (χ2n) is 6.45. The van der Waals surface area contributed by atoms with E-state index in [1.165, 1.54) is 22.9 Å². The first-order valence-electron chi connectivity index (χ1n) is 8.85. The van der Waals surface area contributed by atoms with Gasteiger partial charge < -0.3 is 9.15 Å². The van der Waals surface area contributed by atoms with E-state index in [-0.39, 0.29) is 0 Å². The number of hydrogen-bond donors (Lipinski definition) is 0. The highest BCUT2D eigenvalue weighted by Gasteiger charge is 2.14. The molecule has 0 spiro atoms. The Morgan fingerprint density at radius 2 is 1.97 bits per heavy atom. The maximum absolute atomic E-state index is 5.82. The molecular formula is C21H18BrN3O2S2. The molecule has 148 valence electrons. The molecule has 0 aliphatic heterocycles. The zero-order valence-electron chi connectivity index (χ0n) is 16.1. The Labute approximate surface area is 185 Å². The standard InChI is InChI=1S/C21H18BrN3O2S2/c1-12-4-5-14(8-13(12)2)19-24-25-21(27-19)29-11-16-10-28-20(23-16)17-9-15(22)6-7-18(17)26-3/h4-10H,11H2,1-3H3. The number of methoxy groups -OCH3 is 1. The molecule has 0 saturated heterocycles. The molecule has 0 aliphatic rings. The van der Waals surface area contributed by atoms with Gasteiger partial charge in [0.1, 0.15) is 10.8 Å². The van der Waals surface area contributed by atoms with Crippen molar-refractivity contribution < 1.29 is 9.15 Å². The van der Waals surface area contributed by atoms with Gasteiger partial charge in [-0.2, -0.15) is 0 Å². The van der Waals surface area contributed by atoms with Crippen molar-refractivity contribution in [1.29, 1.82) is 0 Å². The van der Waals surface area contributed by atoms with Crippen LogP contribution in [-0.2, 0) is 5.75 Å². The molecule has 0 aliphatic carbocycles. The Morgan fingerprint density at radius 1 is 1.10 bits per heavy atom. The molecule has 2 aromatic heterocycles. The second-order valence-corrected chi connectivity index (χ2v) is 9.15. The van der Waals surface area contributed by atoms with Gasteiger partial charge >= 0.3 is 0 Å². The molecule has 0 bridgehead atoms. The Kier molecular flexibility index (Phi) is 6.03. The molecule has 2 aromatic carbocycles. The number of thiazole rings is 1. The van der Waals surface area contributed by atoms with Gasteiger partial charge in [-0.25, -0.2) is 4.98 Å². The van der Waals surface area contributed by atoms with Crippen LogP contribution in [0.15, 0.2) is 55.9 Å². The van der Waals surface area contributed by atoms with E-state index in [1.54, 1.807) is 18.4 Å². The molecular weight excluding hydrogens is 470 g/mol. The number of ether oxygens (including phenoxy) is 1. The predicted molar refractivity (Wildman–Crippen MR) is 121 cm³/mol. The molecule has 0 saturated carbocycles. The van der Waals surface area contributed by atoms with E-state index < -0.39 is 0 Å². The Bertz CT molecular complexity index is 1160. The maximum atomic E-state index is 5.82. The van der Waals surface area contributed by atoms with Gasteiger partial charge in [0.15, 0.2) is 0 Å². The lowest BCUT2D eigenvalue weighted by atomic mass is 10.1. The van der Waals surface area contributed by atoms with Crippen molar-refractivity contribution in [2.24, 2.45) is 0 Å². The highest BCUT2D eigenvalue weighted by atomic mass is 79.9. The van der Waals surface area contributed by atoms with Crippen molar-refractivity contribution in [3.63, 3.8) is 0 Å². The summed E-state index contributed by atoms with van der Waals surface area (Å²) < 4.78 is 12.3. The Hall–Kier alpha value is -2.16. The molecule has 0 unspecified atom stereocenters. The van der Waals surface area contributed by atoms with Crippen LogP contribution in [0.4, 0.5) is 0 Å². The van der Waals surface area contributed by atoms with Crippen LogP contribution in [0.5, 0.6) is 5.75 Å². The lowest BCUT2D eigenvalue weighted by molar-refractivity contribution is 0.416. The largest absolute Gasteiger partial charge is 0.496 e. The molecule has 4 aromatic rings. The average Bonchev–Trinajstić information content (AvgIpc) is 3.38. The first-order valence-corrected chi connectivity index (χ1v) is 11.5. The third-order valence-electron chi connectivity index (χ3n) is 4.45. The van der Waals surface area contributed by atoms with Crippen LogP contribution in [0, 0.1) is 13.8 Å². The number of nitrogens with zero attached hydrogens (tertiary/aromatic N) is 3. The fourth-order valence-corrected chi connectivity index (χ4v) is 4.70. The van der Waals surface area contributed by atoms with Crippen molar-refractivity contribution in [3.05, 3.63) is 63.1 Å². The molecule has 2 heterocycles. The van der Waals surface area contributed by atoms with E-state index in [2.05, 4.69) is 52.1 Å². The summed E-state index contributed by atoms with van der Waals surface area (Å²) in [4.78, 5) is 4.74. The first kappa shape index (κ1) is 20.1. The van der Waals surface area contributed by atoms with E-state index in [4.69, 9.17) is 14.1 Å². The lowest BCUT2D eigenvalue weighted by Crippen LogP contribution is -1.88.